The van der Waals surface area contributed by atoms with Crippen LogP contribution in [0.1, 0.15) is 5.01 Å². The molecule has 0 unspecified atom stereocenters. The van der Waals surface area contributed by atoms with E-state index < -0.39 is 0 Å². The average molecular weight is 247 g/mol. The van der Waals surface area contributed by atoms with Crippen molar-refractivity contribution in [1.82, 2.24) is 9.97 Å². The fourth-order valence-corrected chi connectivity index (χ4v) is 2.83. The molecule has 0 bridgehead atoms. The molecule has 2 aromatic heterocycles. The summed E-state index contributed by atoms with van der Waals surface area (Å²) in [6, 6.07) is 5.83. The Morgan fingerprint density at radius 3 is 2.82 bits per heavy atom. The molecule has 0 aromatic carbocycles. The molecule has 4 nitrogen and oxygen atoms in total. The van der Waals surface area contributed by atoms with Crippen LogP contribution in [0.25, 0.3) is 11.4 Å². The summed E-state index contributed by atoms with van der Waals surface area (Å²) in [6.07, 6.45) is 1.78. The molecule has 0 spiro atoms. The Kier molecular flexibility index (Phi) is 2.66. The van der Waals surface area contributed by atoms with E-state index in [9.17, 15) is 0 Å². The molecular weight excluding hydrogens is 234 g/mol. The average Bonchev–Trinajstić information content (AvgIpc) is 2.80. The molecule has 1 aliphatic rings. The normalized spacial score (nSPS) is 17.7. The van der Waals surface area contributed by atoms with Crippen LogP contribution in [0.15, 0.2) is 29.8 Å². The Bertz CT molecular complexity index is 502. The maximum Gasteiger partial charge on any atom is 0.105 e. The number of nitrogens with zero attached hydrogens (tertiary/aromatic N) is 2. The highest BCUT2D eigenvalue weighted by molar-refractivity contribution is 7.10. The van der Waals surface area contributed by atoms with Crippen molar-refractivity contribution >= 4 is 11.3 Å². The molecule has 3 rings (SSSR count). The number of ether oxygens (including phenoxy) is 1. The molecular formula is C12H13N3OS. The minimum absolute atomic E-state index is 0.0578. The van der Waals surface area contributed by atoms with Crippen molar-refractivity contribution in [3.8, 4) is 11.4 Å². The SMILES string of the molecule is NCC1(c2nc(-c3ccccn3)cs2)COC1. The second kappa shape index (κ2) is 4.18. The van der Waals surface area contributed by atoms with Crippen molar-refractivity contribution in [1.29, 1.82) is 0 Å². The summed E-state index contributed by atoms with van der Waals surface area (Å²) in [5.41, 5.74) is 7.59. The molecule has 0 radical (unpaired) electrons. The number of nitrogens with two attached hydrogens (primary N) is 1. The van der Waals surface area contributed by atoms with E-state index in [0.29, 0.717) is 19.8 Å². The number of aromatic nitrogens is 2. The topological polar surface area (TPSA) is 61.0 Å². The van der Waals surface area contributed by atoms with Gasteiger partial charge in [0.2, 0.25) is 0 Å². The molecule has 2 aromatic rings. The zero-order valence-electron chi connectivity index (χ0n) is 9.30. The maximum absolute atomic E-state index is 5.82. The van der Waals surface area contributed by atoms with Gasteiger partial charge in [0.1, 0.15) is 5.01 Å². The highest BCUT2D eigenvalue weighted by Crippen LogP contribution is 2.35. The predicted molar refractivity (Wildman–Crippen MR) is 66.9 cm³/mol. The van der Waals surface area contributed by atoms with E-state index in [1.807, 2.05) is 23.6 Å². The van der Waals surface area contributed by atoms with E-state index in [4.69, 9.17) is 10.5 Å². The first kappa shape index (κ1) is 10.8. The summed E-state index contributed by atoms with van der Waals surface area (Å²) >= 11 is 1.64. The van der Waals surface area contributed by atoms with Crippen molar-refractivity contribution in [3.05, 3.63) is 34.8 Å². The predicted octanol–water partition coefficient (Wildman–Crippen LogP) is 1.43. The molecule has 2 N–H and O–H groups in total. The highest BCUT2D eigenvalue weighted by Gasteiger charge is 2.41. The Morgan fingerprint density at radius 1 is 1.35 bits per heavy atom. The molecule has 5 heteroatoms. The van der Waals surface area contributed by atoms with E-state index in [0.717, 1.165) is 16.4 Å². The zero-order valence-corrected chi connectivity index (χ0v) is 10.1. The van der Waals surface area contributed by atoms with E-state index >= 15 is 0 Å². The monoisotopic (exact) mass is 247 g/mol. The summed E-state index contributed by atoms with van der Waals surface area (Å²) in [7, 11) is 0. The van der Waals surface area contributed by atoms with Gasteiger partial charge < -0.3 is 10.5 Å². The molecule has 1 saturated heterocycles. The third-order valence-electron chi connectivity index (χ3n) is 3.03. The van der Waals surface area contributed by atoms with E-state index in [2.05, 4.69) is 9.97 Å². The number of hydrogen-bond acceptors (Lipinski definition) is 5. The lowest BCUT2D eigenvalue weighted by Gasteiger charge is -2.38. The summed E-state index contributed by atoms with van der Waals surface area (Å²) in [5, 5.41) is 3.10. The number of thiazole rings is 1. The van der Waals surface area contributed by atoms with Crippen molar-refractivity contribution in [2.24, 2.45) is 5.73 Å². The van der Waals surface area contributed by atoms with Crippen LogP contribution < -0.4 is 5.73 Å². The van der Waals surface area contributed by atoms with Crippen LogP contribution in [0.5, 0.6) is 0 Å². The van der Waals surface area contributed by atoms with E-state index in [-0.39, 0.29) is 5.41 Å². The van der Waals surface area contributed by atoms with E-state index in [1.165, 1.54) is 0 Å². The summed E-state index contributed by atoms with van der Waals surface area (Å²) in [6.45, 7) is 1.94. The molecule has 0 aliphatic carbocycles. The molecule has 88 valence electrons. The molecule has 0 amide bonds. The number of hydrogen-bond donors (Lipinski definition) is 1. The van der Waals surface area contributed by atoms with Crippen LogP contribution >= 0.6 is 11.3 Å². The number of rotatable bonds is 3. The second-order valence-corrected chi connectivity index (χ2v) is 5.09. The van der Waals surface area contributed by atoms with Gasteiger partial charge in [-0.05, 0) is 12.1 Å². The number of pyridine rings is 1. The highest BCUT2D eigenvalue weighted by atomic mass is 32.1. The van der Waals surface area contributed by atoms with Crippen molar-refractivity contribution in [3.63, 3.8) is 0 Å². The van der Waals surface area contributed by atoms with Crippen molar-refractivity contribution in [2.75, 3.05) is 19.8 Å². The lowest BCUT2D eigenvalue weighted by atomic mass is 9.87. The van der Waals surface area contributed by atoms with Gasteiger partial charge in [-0.2, -0.15) is 0 Å². The lowest BCUT2D eigenvalue weighted by molar-refractivity contribution is -0.0550. The van der Waals surface area contributed by atoms with Crippen LogP contribution in [-0.2, 0) is 10.2 Å². The summed E-state index contributed by atoms with van der Waals surface area (Å²) in [5.74, 6) is 0. The lowest BCUT2D eigenvalue weighted by Crippen LogP contribution is -2.52. The van der Waals surface area contributed by atoms with Gasteiger partial charge in [0.25, 0.3) is 0 Å². The van der Waals surface area contributed by atoms with Gasteiger partial charge in [-0.15, -0.1) is 11.3 Å². The summed E-state index contributed by atoms with van der Waals surface area (Å²) in [4.78, 5) is 8.94. The quantitative estimate of drug-likeness (QED) is 0.891. The molecule has 1 aliphatic heterocycles. The van der Waals surface area contributed by atoms with Crippen molar-refractivity contribution in [2.45, 2.75) is 5.41 Å². The third kappa shape index (κ3) is 1.76. The van der Waals surface area contributed by atoms with Crippen LogP contribution in [0, 0.1) is 0 Å². The van der Waals surface area contributed by atoms with Gasteiger partial charge in [0, 0.05) is 18.1 Å². The van der Waals surface area contributed by atoms with E-state index in [1.54, 1.807) is 17.5 Å². The third-order valence-corrected chi connectivity index (χ3v) is 4.12. The molecule has 17 heavy (non-hydrogen) atoms. The zero-order chi connectivity index (χ0) is 11.7. The van der Waals surface area contributed by atoms with Gasteiger partial charge in [0.15, 0.2) is 0 Å². The fraction of sp³-hybridized carbons (Fsp3) is 0.333. The first-order chi connectivity index (χ1) is 8.34. The standard InChI is InChI=1S/C12H13N3OS/c13-6-12(7-16-8-12)11-15-10(5-17-11)9-3-1-2-4-14-9/h1-5H,6-8,13H2. The van der Waals surface area contributed by atoms with Gasteiger partial charge in [-0.3, -0.25) is 4.98 Å². The molecule has 0 saturated carbocycles. The van der Waals surface area contributed by atoms with Crippen molar-refractivity contribution < 1.29 is 4.74 Å². The first-order valence-corrected chi connectivity index (χ1v) is 6.37. The van der Waals surface area contributed by atoms with Crippen LogP contribution in [0.3, 0.4) is 0 Å². The van der Waals surface area contributed by atoms with Gasteiger partial charge in [-0.1, -0.05) is 6.07 Å². The molecule has 0 atom stereocenters. The Balaban J connectivity index is 1.93. The second-order valence-electron chi connectivity index (χ2n) is 4.23. The largest absolute Gasteiger partial charge is 0.379 e. The van der Waals surface area contributed by atoms with Crippen LogP contribution in [0.2, 0.25) is 0 Å². The minimum Gasteiger partial charge on any atom is -0.379 e. The minimum atomic E-state index is -0.0578. The first-order valence-electron chi connectivity index (χ1n) is 5.49. The van der Waals surface area contributed by atoms with Crippen LogP contribution in [-0.4, -0.2) is 29.7 Å². The van der Waals surface area contributed by atoms with Gasteiger partial charge >= 0.3 is 0 Å². The Hall–Kier alpha value is -1.30. The van der Waals surface area contributed by atoms with Gasteiger partial charge in [-0.25, -0.2) is 4.98 Å². The summed E-state index contributed by atoms with van der Waals surface area (Å²) < 4.78 is 5.27. The van der Waals surface area contributed by atoms with Gasteiger partial charge in [0.05, 0.1) is 30.0 Å². The Labute approximate surface area is 103 Å². The smallest absolute Gasteiger partial charge is 0.105 e. The maximum atomic E-state index is 5.82. The molecule has 1 fully saturated rings. The Morgan fingerprint density at radius 2 is 2.24 bits per heavy atom. The molecule has 3 heterocycles. The fourth-order valence-electron chi connectivity index (χ4n) is 1.83. The van der Waals surface area contributed by atoms with Crippen LogP contribution in [0.4, 0.5) is 0 Å².